The van der Waals surface area contributed by atoms with Crippen LogP contribution in [-0.2, 0) is 14.4 Å². The Hall–Kier alpha value is -2.59. The molecule has 0 aromatic heterocycles. The van der Waals surface area contributed by atoms with Gasteiger partial charge in [0.25, 0.3) is 5.91 Å². The predicted molar refractivity (Wildman–Crippen MR) is 137 cm³/mol. The summed E-state index contributed by atoms with van der Waals surface area (Å²) < 4.78 is 6.05. The van der Waals surface area contributed by atoms with Gasteiger partial charge in [-0.2, -0.15) is 5.06 Å². The summed E-state index contributed by atoms with van der Waals surface area (Å²) in [6.07, 6.45) is 4.37. The lowest BCUT2D eigenvalue weighted by Gasteiger charge is -2.40. The molecule has 1 fully saturated rings. The van der Waals surface area contributed by atoms with Crippen molar-refractivity contribution in [3.63, 3.8) is 0 Å². The van der Waals surface area contributed by atoms with E-state index in [0.29, 0.717) is 30.9 Å². The van der Waals surface area contributed by atoms with Gasteiger partial charge in [-0.1, -0.05) is 11.8 Å². The minimum Gasteiger partial charge on any atom is -0.489 e. The second-order valence-electron chi connectivity index (χ2n) is 10.3. The number of fused-ring (bicyclic) bond motifs is 1. The molecule has 1 unspecified atom stereocenters. The maximum atomic E-state index is 12.8. The van der Waals surface area contributed by atoms with E-state index < -0.39 is 5.54 Å². The Labute approximate surface area is 211 Å². The second-order valence-corrected chi connectivity index (χ2v) is 11.3. The fraction of sp³-hybridized carbons (Fsp3) is 0.600. The lowest BCUT2D eigenvalue weighted by molar-refractivity contribution is -0.168. The Balaban J connectivity index is 1.32. The first-order chi connectivity index (χ1) is 16.9. The SMILES string of the molecule is CN(CCCN1CCCC1)c1ccc2c(c1)OCCN2C1SC2=C(CC(C)(C)NC2=O)N1OC=O. The van der Waals surface area contributed by atoms with Crippen molar-refractivity contribution in [2.45, 2.75) is 50.6 Å². The first-order valence-corrected chi connectivity index (χ1v) is 13.3. The third-order valence-electron chi connectivity index (χ3n) is 7.09. The van der Waals surface area contributed by atoms with Crippen molar-refractivity contribution in [1.82, 2.24) is 15.3 Å². The molecule has 5 rings (SSSR count). The molecule has 10 heteroatoms. The fourth-order valence-corrected chi connectivity index (χ4v) is 6.63. The van der Waals surface area contributed by atoms with Gasteiger partial charge in [-0.25, -0.2) is 0 Å². The molecule has 1 amide bonds. The van der Waals surface area contributed by atoms with Crippen molar-refractivity contribution < 1.29 is 19.2 Å². The van der Waals surface area contributed by atoms with Crippen molar-refractivity contribution in [3.05, 3.63) is 28.8 Å². The molecule has 0 spiro atoms. The number of hydroxylamine groups is 2. The number of rotatable bonds is 8. The maximum Gasteiger partial charge on any atom is 0.320 e. The molecular formula is C25H35N5O4S. The average molecular weight is 502 g/mol. The zero-order valence-electron chi connectivity index (χ0n) is 20.8. The number of ether oxygens (including phenoxy) is 1. The monoisotopic (exact) mass is 501 g/mol. The zero-order valence-corrected chi connectivity index (χ0v) is 21.6. The number of nitrogens with zero attached hydrogens (tertiary/aromatic N) is 4. The molecule has 1 atom stereocenters. The molecule has 0 radical (unpaired) electrons. The number of benzene rings is 1. The van der Waals surface area contributed by atoms with Gasteiger partial charge in [0.05, 0.1) is 22.8 Å². The van der Waals surface area contributed by atoms with E-state index in [4.69, 9.17) is 9.57 Å². The van der Waals surface area contributed by atoms with Gasteiger partial charge in [0.15, 0.2) is 5.50 Å². The molecule has 190 valence electrons. The molecule has 4 aliphatic rings. The van der Waals surface area contributed by atoms with Crippen molar-refractivity contribution in [2.75, 3.05) is 56.2 Å². The summed E-state index contributed by atoms with van der Waals surface area (Å²) >= 11 is 1.42. The third-order valence-corrected chi connectivity index (χ3v) is 8.41. The third kappa shape index (κ3) is 4.91. The Bertz CT molecular complexity index is 1010. The fourth-order valence-electron chi connectivity index (χ4n) is 5.34. The molecule has 1 N–H and O–H groups in total. The van der Waals surface area contributed by atoms with E-state index in [1.807, 2.05) is 13.8 Å². The van der Waals surface area contributed by atoms with Gasteiger partial charge in [0.1, 0.15) is 12.4 Å². The van der Waals surface area contributed by atoms with E-state index in [0.717, 1.165) is 42.3 Å². The van der Waals surface area contributed by atoms with Gasteiger partial charge in [0, 0.05) is 37.3 Å². The summed E-state index contributed by atoms with van der Waals surface area (Å²) in [6.45, 7) is 10.1. The highest BCUT2D eigenvalue weighted by atomic mass is 32.2. The van der Waals surface area contributed by atoms with E-state index >= 15 is 0 Å². The van der Waals surface area contributed by atoms with Gasteiger partial charge in [0.2, 0.25) is 0 Å². The average Bonchev–Trinajstić information content (AvgIpc) is 3.46. The van der Waals surface area contributed by atoms with Gasteiger partial charge >= 0.3 is 6.47 Å². The molecular weight excluding hydrogens is 466 g/mol. The lowest BCUT2D eigenvalue weighted by atomic mass is 9.94. The zero-order chi connectivity index (χ0) is 24.6. The number of anilines is 2. The topological polar surface area (TPSA) is 77.6 Å². The van der Waals surface area contributed by atoms with Crippen molar-refractivity contribution in [1.29, 1.82) is 0 Å². The second kappa shape index (κ2) is 9.81. The molecule has 35 heavy (non-hydrogen) atoms. The highest BCUT2D eigenvalue weighted by molar-refractivity contribution is 8.04. The Morgan fingerprint density at radius 3 is 2.86 bits per heavy atom. The van der Waals surface area contributed by atoms with Crippen LogP contribution in [0.2, 0.25) is 0 Å². The highest BCUT2D eigenvalue weighted by Crippen LogP contribution is 2.48. The first kappa shape index (κ1) is 24.1. The van der Waals surface area contributed by atoms with Crippen LogP contribution in [0.4, 0.5) is 11.4 Å². The molecule has 4 aliphatic heterocycles. The van der Waals surface area contributed by atoms with E-state index in [2.05, 4.69) is 45.3 Å². The van der Waals surface area contributed by atoms with E-state index in [-0.39, 0.29) is 11.4 Å². The number of thioether (sulfide) groups is 1. The first-order valence-electron chi connectivity index (χ1n) is 12.5. The number of hydrogen-bond donors (Lipinski definition) is 1. The van der Waals surface area contributed by atoms with Crippen LogP contribution < -0.4 is 19.9 Å². The predicted octanol–water partition coefficient (Wildman–Crippen LogP) is 2.74. The van der Waals surface area contributed by atoms with Crippen molar-refractivity contribution >= 4 is 35.5 Å². The van der Waals surface area contributed by atoms with Gasteiger partial charge < -0.3 is 29.6 Å². The Kier molecular flexibility index (Phi) is 6.76. The summed E-state index contributed by atoms with van der Waals surface area (Å²) in [7, 11) is 2.12. The van der Waals surface area contributed by atoms with Crippen LogP contribution in [-0.4, -0.2) is 79.8 Å². The van der Waals surface area contributed by atoms with Crippen LogP contribution in [0.5, 0.6) is 5.75 Å². The van der Waals surface area contributed by atoms with Gasteiger partial charge in [-0.15, -0.1) is 0 Å². The number of likely N-dealkylation sites (tertiary alicyclic amines) is 1. The molecule has 9 nitrogen and oxygen atoms in total. The molecule has 0 aliphatic carbocycles. The standard InChI is InChI=1S/C25H35N5O4S/c1-25(2)16-20-22(23(32)26-25)35-24(30(20)34-17-31)29-13-14-33-21-15-18(7-8-19(21)29)27(3)9-6-12-28-10-4-5-11-28/h7-8,15,17,24H,4-6,9-14,16H2,1-3H3,(H,26,32). The summed E-state index contributed by atoms with van der Waals surface area (Å²) in [6, 6.07) is 6.27. The number of amides is 1. The van der Waals surface area contributed by atoms with Crippen LogP contribution in [0, 0.1) is 0 Å². The van der Waals surface area contributed by atoms with Crippen molar-refractivity contribution in [2.24, 2.45) is 0 Å². The van der Waals surface area contributed by atoms with Crippen LogP contribution in [0.3, 0.4) is 0 Å². The maximum absolute atomic E-state index is 12.8. The smallest absolute Gasteiger partial charge is 0.320 e. The highest BCUT2D eigenvalue weighted by Gasteiger charge is 2.47. The molecule has 0 bridgehead atoms. The minimum absolute atomic E-state index is 0.123. The minimum atomic E-state index is -0.410. The normalized spacial score (nSPS) is 23.5. The molecule has 0 saturated carbocycles. The van der Waals surface area contributed by atoms with Crippen LogP contribution in [0.1, 0.15) is 39.5 Å². The molecule has 1 saturated heterocycles. The largest absolute Gasteiger partial charge is 0.489 e. The van der Waals surface area contributed by atoms with E-state index in [1.165, 1.54) is 37.7 Å². The Morgan fingerprint density at radius 1 is 1.29 bits per heavy atom. The molecule has 1 aromatic rings. The molecule has 1 aromatic carbocycles. The molecule has 4 heterocycles. The summed E-state index contributed by atoms with van der Waals surface area (Å²) in [5.74, 6) is 0.684. The number of hydrogen-bond acceptors (Lipinski definition) is 9. The van der Waals surface area contributed by atoms with E-state index in [9.17, 15) is 9.59 Å². The summed E-state index contributed by atoms with van der Waals surface area (Å²) in [4.78, 5) is 37.2. The van der Waals surface area contributed by atoms with Crippen LogP contribution >= 0.6 is 11.8 Å². The lowest BCUT2D eigenvalue weighted by Crippen LogP contribution is -2.50. The van der Waals surface area contributed by atoms with Crippen LogP contribution in [0.25, 0.3) is 0 Å². The number of nitrogens with one attached hydrogen (secondary N) is 1. The van der Waals surface area contributed by atoms with Gasteiger partial charge in [-0.05, 0) is 64.9 Å². The van der Waals surface area contributed by atoms with Crippen molar-refractivity contribution in [3.8, 4) is 5.75 Å². The number of carbonyl (C=O) groups is 2. The van der Waals surface area contributed by atoms with Crippen LogP contribution in [0.15, 0.2) is 28.8 Å². The quantitative estimate of drug-likeness (QED) is 0.541. The number of carbonyl (C=O) groups excluding carboxylic acids is 2. The van der Waals surface area contributed by atoms with E-state index in [1.54, 1.807) is 5.06 Å². The summed E-state index contributed by atoms with van der Waals surface area (Å²) in [5, 5.41) is 4.64. The van der Waals surface area contributed by atoms with Gasteiger partial charge in [-0.3, -0.25) is 9.59 Å². The summed E-state index contributed by atoms with van der Waals surface area (Å²) in [5.41, 5.74) is 2.03. The Morgan fingerprint density at radius 2 is 2.09 bits per heavy atom.